The van der Waals surface area contributed by atoms with Crippen molar-refractivity contribution in [2.75, 3.05) is 17.7 Å². The molecule has 1 fully saturated rings. The molecule has 29 heavy (non-hydrogen) atoms. The number of hydrogen-bond acceptors (Lipinski definition) is 6. The summed E-state index contributed by atoms with van der Waals surface area (Å²) in [6.07, 6.45) is 8.69. The number of nitrogens with zero attached hydrogens (tertiary/aromatic N) is 4. The van der Waals surface area contributed by atoms with Gasteiger partial charge < -0.3 is 9.88 Å². The van der Waals surface area contributed by atoms with Gasteiger partial charge in [-0.2, -0.15) is 0 Å². The lowest BCUT2D eigenvalue weighted by atomic mass is 9.86. The van der Waals surface area contributed by atoms with Crippen molar-refractivity contribution in [3.8, 4) is 0 Å². The summed E-state index contributed by atoms with van der Waals surface area (Å²) in [4.78, 5) is 18.0. The van der Waals surface area contributed by atoms with Crippen LogP contribution in [-0.4, -0.2) is 47.2 Å². The number of halogens is 1. The molecule has 0 aromatic carbocycles. The Bertz CT molecular complexity index is 1080. The molecular weight excluding hydrogens is 410 g/mol. The van der Waals surface area contributed by atoms with Gasteiger partial charge in [0.05, 0.1) is 16.9 Å². The number of aromatic nitrogens is 4. The van der Waals surface area contributed by atoms with Crippen LogP contribution in [0.4, 0.5) is 5.82 Å². The molecule has 1 saturated carbocycles. The van der Waals surface area contributed by atoms with E-state index in [1.54, 1.807) is 18.5 Å². The fourth-order valence-electron chi connectivity index (χ4n) is 4.18. The molecule has 1 aliphatic rings. The number of pyridine rings is 1. The minimum atomic E-state index is -3.18. The first kappa shape index (κ1) is 20.1. The highest BCUT2D eigenvalue weighted by atomic mass is 35.5. The van der Waals surface area contributed by atoms with E-state index in [4.69, 9.17) is 11.6 Å². The largest absolute Gasteiger partial charge is 0.356 e. The zero-order chi connectivity index (χ0) is 20.4. The first-order valence-corrected chi connectivity index (χ1v) is 11.9. The molecule has 4 rings (SSSR count). The van der Waals surface area contributed by atoms with Crippen LogP contribution in [0, 0.1) is 5.92 Å². The van der Waals surface area contributed by atoms with Crippen LogP contribution < -0.4 is 4.90 Å². The molecule has 154 valence electrons. The third-order valence-corrected chi connectivity index (χ3v) is 7.67. The zero-order valence-electron chi connectivity index (χ0n) is 16.3. The van der Waals surface area contributed by atoms with Crippen LogP contribution in [0.2, 0.25) is 5.15 Å². The van der Waals surface area contributed by atoms with Gasteiger partial charge in [0.2, 0.25) is 0 Å². The Morgan fingerprint density at radius 1 is 1.14 bits per heavy atom. The number of anilines is 1. The first-order valence-electron chi connectivity index (χ1n) is 9.73. The van der Waals surface area contributed by atoms with Crippen molar-refractivity contribution in [2.45, 2.75) is 37.5 Å². The van der Waals surface area contributed by atoms with Crippen LogP contribution in [0.5, 0.6) is 0 Å². The summed E-state index contributed by atoms with van der Waals surface area (Å²) in [5.74, 6) is 1.36. The van der Waals surface area contributed by atoms with Gasteiger partial charge in [0, 0.05) is 25.5 Å². The van der Waals surface area contributed by atoms with E-state index < -0.39 is 9.84 Å². The number of rotatable bonds is 6. The number of sulfone groups is 1. The number of H-pyrrole nitrogens is 1. The quantitative estimate of drug-likeness (QED) is 0.597. The Labute approximate surface area is 175 Å². The Hall–Kier alpha value is -2.19. The van der Waals surface area contributed by atoms with Gasteiger partial charge >= 0.3 is 0 Å². The van der Waals surface area contributed by atoms with Crippen molar-refractivity contribution < 1.29 is 8.42 Å². The molecule has 0 radical (unpaired) electrons. The summed E-state index contributed by atoms with van der Waals surface area (Å²) in [7, 11) is -1.12. The second-order valence-electron chi connectivity index (χ2n) is 7.77. The predicted molar refractivity (Wildman–Crippen MR) is 115 cm³/mol. The van der Waals surface area contributed by atoms with Gasteiger partial charge in [-0.05, 0) is 49.3 Å². The molecule has 9 heteroatoms. The van der Waals surface area contributed by atoms with Gasteiger partial charge in [0.25, 0.3) is 0 Å². The van der Waals surface area contributed by atoms with Crippen molar-refractivity contribution in [3.05, 3.63) is 47.6 Å². The third-order valence-electron chi connectivity index (χ3n) is 5.70. The summed E-state index contributed by atoms with van der Waals surface area (Å²) in [5, 5.41) is 1.38. The molecule has 0 amide bonds. The fourth-order valence-corrected chi connectivity index (χ4v) is 6.14. The highest BCUT2D eigenvalue weighted by Gasteiger charge is 2.28. The average Bonchev–Trinajstić information content (AvgIpc) is 3.18. The van der Waals surface area contributed by atoms with E-state index in [1.807, 2.05) is 12.3 Å². The Morgan fingerprint density at radius 3 is 2.66 bits per heavy atom. The number of nitrogens with one attached hydrogen (secondary N) is 1. The lowest BCUT2D eigenvalue weighted by Crippen LogP contribution is -2.37. The maximum Gasteiger partial charge on any atom is 0.154 e. The maximum absolute atomic E-state index is 12.6. The van der Waals surface area contributed by atoms with E-state index in [-0.39, 0.29) is 17.4 Å². The lowest BCUT2D eigenvalue weighted by Gasteiger charge is -2.35. The number of fused-ring (bicyclic) bond motifs is 1. The molecule has 1 N–H and O–H groups in total. The molecule has 3 aromatic rings. The van der Waals surface area contributed by atoms with E-state index in [0.717, 1.165) is 42.5 Å². The third kappa shape index (κ3) is 4.70. The fraction of sp³-hybridized carbons (Fsp3) is 0.450. The van der Waals surface area contributed by atoms with Crippen molar-refractivity contribution in [2.24, 2.45) is 5.92 Å². The van der Waals surface area contributed by atoms with Crippen molar-refractivity contribution in [3.63, 3.8) is 0 Å². The summed E-state index contributed by atoms with van der Waals surface area (Å²) in [6.45, 7) is 0. The van der Waals surface area contributed by atoms with Gasteiger partial charge in [-0.1, -0.05) is 17.7 Å². The summed E-state index contributed by atoms with van der Waals surface area (Å²) in [5.41, 5.74) is 1.51. The second-order valence-corrected chi connectivity index (χ2v) is 10.3. The van der Waals surface area contributed by atoms with Crippen LogP contribution in [0.3, 0.4) is 0 Å². The monoisotopic (exact) mass is 433 g/mol. The molecule has 3 heterocycles. The number of hydrogen-bond donors (Lipinski definition) is 1. The minimum absolute atomic E-state index is 0.0173. The van der Waals surface area contributed by atoms with E-state index in [1.165, 1.54) is 6.20 Å². The Morgan fingerprint density at radius 2 is 1.93 bits per heavy atom. The first-order chi connectivity index (χ1) is 13.9. The summed E-state index contributed by atoms with van der Waals surface area (Å²) >= 11 is 5.77. The molecule has 0 saturated heterocycles. The van der Waals surface area contributed by atoms with Crippen LogP contribution in [0.1, 0.15) is 31.2 Å². The van der Waals surface area contributed by atoms with E-state index in [2.05, 4.69) is 31.9 Å². The molecule has 0 unspecified atom stereocenters. The smallest absolute Gasteiger partial charge is 0.154 e. The van der Waals surface area contributed by atoms with Gasteiger partial charge in [0.1, 0.15) is 22.9 Å². The zero-order valence-corrected chi connectivity index (χ0v) is 17.8. The predicted octanol–water partition coefficient (Wildman–Crippen LogP) is 3.62. The number of aromatic amines is 1. The lowest BCUT2D eigenvalue weighted by molar-refractivity contribution is 0.340. The summed E-state index contributed by atoms with van der Waals surface area (Å²) in [6, 6.07) is 5.69. The van der Waals surface area contributed by atoms with E-state index >= 15 is 0 Å². The summed E-state index contributed by atoms with van der Waals surface area (Å²) < 4.78 is 25.2. The molecule has 3 aromatic heterocycles. The van der Waals surface area contributed by atoms with Crippen LogP contribution in [0.15, 0.2) is 36.9 Å². The van der Waals surface area contributed by atoms with Gasteiger partial charge in [-0.15, -0.1) is 0 Å². The van der Waals surface area contributed by atoms with Crippen molar-refractivity contribution in [1.29, 1.82) is 0 Å². The SMILES string of the molecule is CN(c1ncnc2[nH]ccc12)C1CCC(CS(=O)(=O)Cc2ccc(Cl)nc2)CC1. The van der Waals surface area contributed by atoms with Crippen LogP contribution >= 0.6 is 11.6 Å². The van der Waals surface area contributed by atoms with Gasteiger partial charge in [-0.3, -0.25) is 0 Å². The topological polar surface area (TPSA) is 91.8 Å². The standard InChI is InChI=1S/C20H24ClN5O2S/c1-26(20-17-8-9-22-19(17)24-13-25-20)16-5-2-14(3-6-16)11-29(27,28)12-15-4-7-18(21)23-10-15/h4,7-10,13-14,16H,2-3,5-6,11-12H2,1H3,(H,22,24,25). The van der Waals surface area contributed by atoms with Crippen LogP contribution in [-0.2, 0) is 15.6 Å². The molecule has 7 nitrogen and oxygen atoms in total. The van der Waals surface area contributed by atoms with Gasteiger partial charge in [0.15, 0.2) is 9.84 Å². The highest BCUT2D eigenvalue weighted by molar-refractivity contribution is 7.90. The van der Waals surface area contributed by atoms with Gasteiger partial charge in [-0.25, -0.2) is 23.4 Å². The van der Waals surface area contributed by atoms with E-state index in [0.29, 0.717) is 16.8 Å². The normalized spacial score (nSPS) is 20.1. The maximum atomic E-state index is 12.6. The molecule has 0 atom stereocenters. The van der Waals surface area contributed by atoms with Crippen molar-refractivity contribution in [1.82, 2.24) is 19.9 Å². The minimum Gasteiger partial charge on any atom is -0.356 e. The average molecular weight is 434 g/mol. The van der Waals surface area contributed by atoms with E-state index in [9.17, 15) is 8.42 Å². The molecule has 0 bridgehead atoms. The molecule has 1 aliphatic carbocycles. The second kappa shape index (κ2) is 8.28. The van der Waals surface area contributed by atoms with Crippen LogP contribution in [0.25, 0.3) is 11.0 Å². The molecule has 0 aliphatic heterocycles. The Kier molecular flexibility index (Phi) is 5.74. The molecule has 0 spiro atoms. The highest BCUT2D eigenvalue weighted by Crippen LogP contribution is 2.32. The molecular formula is C20H24ClN5O2S. The van der Waals surface area contributed by atoms with Crippen molar-refractivity contribution >= 4 is 38.3 Å². The Balaban J connectivity index is 1.35.